The fourth-order valence-electron chi connectivity index (χ4n) is 1.57. The number of halogens is 1. The predicted molar refractivity (Wildman–Crippen MR) is 69.3 cm³/mol. The number of benzene rings is 1. The smallest absolute Gasteiger partial charge is 0.332 e. The summed E-state index contributed by atoms with van der Waals surface area (Å²) in [6.45, 7) is 3.71. The summed E-state index contributed by atoms with van der Waals surface area (Å²) in [7, 11) is 0. The summed E-state index contributed by atoms with van der Waals surface area (Å²) in [6, 6.07) is 9.26. The molecule has 2 unspecified atom stereocenters. The molecule has 1 aliphatic rings. The summed E-state index contributed by atoms with van der Waals surface area (Å²) in [5, 5.41) is -0.881. The van der Waals surface area contributed by atoms with Crippen LogP contribution in [0.25, 0.3) is 0 Å². The molecule has 96 valence electrons. The molecule has 2 atom stereocenters. The molecule has 5 heteroatoms. The highest BCUT2D eigenvalue weighted by atomic mass is 35.5. The van der Waals surface area contributed by atoms with Crippen molar-refractivity contribution in [2.45, 2.75) is 31.6 Å². The Balaban J connectivity index is 2.27. The van der Waals surface area contributed by atoms with Gasteiger partial charge >= 0.3 is 5.97 Å². The van der Waals surface area contributed by atoms with Gasteiger partial charge in [0.2, 0.25) is 6.29 Å². The van der Waals surface area contributed by atoms with Crippen LogP contribution in [0.2, 0.25) is 0 Å². The number of aliphatic imine (C=N–C) groups is 1. The van der Waals surface area contributed by atoms with E-state index in [4.69, 9.17) is 21.1 Å². The Morgan fingerprint density at radius 3 is 2.61 bits per heavy atom. The average molecular weight is 268 g/mol. The van der Waals surface area contributed by atoms with Crippen molar-refractivity contribution in [2.24, 2.45) is 4.99 Å². The van der Waals surface area contributed by atoms with Crippen LogP contribution in [0.4, 0.5) is 5.69 Å². The van der Waals surface area contributed by atoms with E-state index in [-0.39, 0.29) is 6.10 Å². The monoisotopic (exact) mass is 267 g/mol. The maximum Gasteiger partial charge on any atom is 0.332 e. The summed E-state index contributed by atoms with van der Waals surface area (Å²) < 4.78 is 10.5. The molecule has 0 aliphatic carbocycles. The number of esters is 1. The summed E-state index contributed by atoms with van der Waals surface area (Å²) in [6.07, 6.45) is -0.869. The molecule has 0 radical (unpaired) electrons. The zero-order valence-corrected chi connectivity index (χ0v) is 10.9. The molecule has 0 aromatic heterocycles. The van der Waals surface area contributed by atoms with E-state index in [9.17, 15) is 4.79 Å². The molecule has 1 aromatic rings. The lowest BCUT2D eigenvalue weighted by Gasteiger charge is -2.14. The lowest BCUT2D eigenvalue weighted by atomic mass is 10.2. The van der Waals surface area contributed by atoms with Crippen LogP contribution in [0.3, 0.4) is 0 Å². The number of carbonyl (C=O) groups excluding carboxylic acids is 1. The molecule has 1 fully saturated rings. The lowest BCUT2D eigenvalue weighted by Crippen LogP contribution is -2.26. The third-order valence-electron chi connectivity index (χ3n) is 2.34. The molecule has 18 heavy (non-hydrogen) atoms. The number of nitrogens with zero attached hydrogens (tertiary/aromatic N) is 1. The highest BCUT2D eigenvalue weighted by molar-refractivity contribution is 6.44. The molecule has 1 aliphatic heterocycles. The summed E-state index contributed by atoms with van der Waals surface area (Å²) in [5.74, 6) is -0.517. The van der Waals surface area contributed by atoms with Crippen molar-refractivity contribution in [3.63, 3.8) is 0 Å². The predicted octanol–water partition coefficient (Wildman–Crippen LogP) is 2.67. The van der Waals surface area contributed by atoms with E-state index in [1.54, 1.807) is 0 Å². The van der Waals surface area contributed by atoms with Crippen LogP contribution >= 0.6 is 11.6 Å². The van der Waals surface area contributed by atoms with E-state index in [0.29, 0.717) is 11.4 Å². The van der Waals surface area contributed by atoms with Crippen LogP contribution in [0.15, 0.2) is 35.3 Å². The van der Waals surface area contributed by atoms with Crippen molar-refractivity contribution in [1.82, 2.24) is 0 Å². The maximum atomic E-state index is 11.5. The highest BCUT2D eigenvalue weighted by Crippen LogP contribution is 2.23. The minimum atomic E-state index is -0.881. The molecule has 1 aromatic carbocycles. The van der Waals surface area contributed by atoms with Crippen LogP contribution in [-0.2, 0) is 14.3 Å². The molecular weight excluding hydrogens is 254 g/mol. The number of hydrogen-bond donors (Lipinski definition) is 0. The van der Waals surface area contributed by atoms with Crippen LogP contribution in [0.1, 0.15) is 13.8 Å². The summed E-state index contributed by atoms with van der Waals surface area (Å²) in [4.78, 5) is 15.8. The molecule has 0 N–H and O–H groups in total. The number of carbonyl (C=O) groups is 1. The van der Waals surface area contributed by atoms with Crippen molar-refractivity contribution >= 4 is 29.0 Å². The normalized spacial score (nSPS) is 25.8. The van der Waals surface area contributed by atoms with Gasteiger partial charge in [-0.1, -0.05) is 18.2 Å². The van der Waals surface area contributed by atoms with Gasteiger partial charge in [0.1, 0.15) is 5.71 Å². The summed E-state index contributed by atoms with van der Waals surface area (Å²) in [5.41, 5.74) is 1.12. The largest absolute Gasteiger partial charge is 0.428 e. The Kier molecular flexibility index (Phi) is 3.99. The maximum absolute atomic E-state index is 11.5. The Labute approximate surface area is 111 Å². The second-order valence-electron chi connectivity index (χ2n) is 4.19. The van der Waals surface area contributed by atoms with Gasteiger partial charge in [-0.2, -0.15) is 0 Å². The van der Waals surface area contributed by atoms with E-state index in [1.807, 2.05) is 44.2 Å². The SMILES string of the molecule is CC(C)OC1OC(=O)C(Cl)C1=Nc1ccccc1. The van der Waals surface area contributed by atoms with Gasteiger partial charge < -0.3 is 9.47 Å². The number of alkyl halides is 1. The van der Waals surface area contributed by atoms with Crippen molar-refractivity contribution in [3.05, 3.63) is 30.3 Å². The van der Waals surface area contributed by atoms with Gasteiger partial charge in [0, 0.05) is 0 Å². The molecule has 4 nitrogen and oxygen atoms in total. The zero-order valence-electron chi connectivity index (χ0n) is 10.2. The zero-order chi connectivity index (χ0) is 13.1. The van der Waals surface area contributed by atoms with E-state index in [0.717, 1.165) is 0 Å². The van der Waals surface area contributed by atoms with E-state index in [2.05, 4.69) is 4.99 Å². The third kappa shape index (κ3) is 2.89. The second-order valence-corrected chi connectivity index (χ2v) is 4.62. The standard InChI is InChI=1S/C13H14ClNO3/c1-8(2)17-13-11(10(14)12(16)18-13)15-9-6-4-3-5-7-9/h3-8,10,13H,1-2H3. The number of cyclic esters (lactones) is 1. The van der Waals surface area contributed by atoms with Crippen LogP contribution in [-0.4, -0.2) is 29.5 Å². The molecule has 1 saturated heterocycles. The number of para-hydroxylation sites is 1. The Hall–Kier alpha value is -1.39. The minimum absolute atomic E-state index is 0.0780. The summed E-state index contributed by atoms with van der Waals surface area (Å²) >= 11 is 5.97. The molecule has 1 heterocycles. The van der Waals surface area contributed by atoms with Gasteiger partial charge in [0.05, 0.1) is 11.8 Å². The molecule has 0 amide bonds. The fraction of sp³-hybridized carbons (Fsp3) is 0.385. The van der Waals surface area contributed by atoms with Gasteiger partial charge in [-0.3, -0.25) is 0 Å². The first-order valence-corrected chi connectivity index (χ1v) is 6.15. The van der Waals surface area contributed by atoms with Crippen molar-refractivity contribution in [1.29, 1.82) is 0 Å². The molecule has 0 spiro atoms. The molecular formula is C13H14ClNO3. The van der Waals surface area contributed by atoms with Crippen molar-refractivity contribution in [2.75, 3.05) is 0 Å². The van der Waals surface area contributed by atoms with Gasteiger partial charge in [-0.25, -0.2) is 9.79 Å². The second kappa shape index (κ2) is 5.50. The Morgan fingerprint density at radius 2 is 2.00 bits per heavy atom. The molecule has 2 rings (SSSR count). The first-order valence-electron chi connectivity index (χ1n) is 5.71. The molecule has 0 saturated carbocycles. The molecule has 0 bridgehead atoms. The lowest BCUT2D eigenvalue weighted by molar-refractivity contribution is -0.161. The number of rotatable bonds is 3. The Morgan fingerprint density at radius 1 is 1.33 bits per heavy atom. The van der Waals surface area contributed by atoms with Gasteiger partial charge in [-0.05, 0) is 26.0 Å². The first kappa shape index (κ1) is 13.1. The number of hydrogen-bond acceptors (Lipinski definition) is 4. The van der Waals surface area contributed by atoms with Gasteiger partial charge in [0.15, 0.2) is 5.38 Å². The van der Waals surface area contributed by atoms with E-state index >= 15 is 0 Å². The quantitative estimate of drug-likeness (QED) is 0.625. The first-order chi connectivity index (χ1) is 8.58. The Bertz CT molecular complexity index is 459. The van der Waals surface area contributed by atoms with Crippen LogP contribution < -0.4 is 0 Å². The van der Waals surface area contributed by atoms with E-state index in [1.165, 1.54) is 0 Å². The van der Waals surface area contributed by atoms with E-state index < -0.39 is 17.6 Å². The van der Waals surface area contributed by atoms with Gasteiger partial charge in [0.25, 0.3) is 0 Å². The van der Waals surface area contributed by atoms with Crippen molar-refractivity contribution < 1.29 is 14.3 Å². The van der Waals surface area contributed by atoms with Crippen LogP contribution in [0.5, 0.6) is 0 Å². The minimum Gasteiger partial charge on any atom is -0.428 e. The topological polar surface area (TPSA) is 47.9 Å². The average Bonchev–Trinajstić information content (AvgIpc) is 2.58. The number of ether oxygens (including phenoxy) is 2. The van der Waals surface area contributed by atoms with Crippen LogP contribution in [0, 0.1) is 0 Å². The fourth-order valence-corrected chi connectivity index (χ4v) is 1.77. The van der Waals surface area contributed by atoms with Crippen molar-refractivity contribution in [3.8, 4) is 0 Å². The highest BCUT2D eigenvalue weighted by Gasteiger charge is 2.41. The third-order valence-corrected chi connectivity index (χ3v) is 2.74. The van der Waals surface area contributed by atoms with Gasteiger partial charge in [-0.15, -0.1) is 11.6 Å².